The summed E-state index contributed by atoms with van der Waals surface area (Å²) in [5.74, 6) is -2.44. The lowest BCUT2D eigenvalue weighted by Crippen LogP contribution is -2.22. The summed E-state index contributed by atoms with van der Waals surface area (Å²) in [6, 6.07) is 11.5. The lowest BCUT2D eigenvalue weighted by atomic mass is 10.1. The Labute approximate surface area is 212 Å². The minimum atomic E-state index is -4.86. The van der Waals surface area contributed by atoms with Gasteiger partial charge in [-0.1, -0.05) is 12.1 Å². The van der Waals surface area contributed by atoms with Gasteiger partial charge >= 0.3 is 12.3 Å². The zero-order valence-electron chi connectivity index (χ0n) is 19.9. The molecule has 0 spiro atoms. The molecule has 38 heavy (non-hydrogen) atoms. The molecule has 0 aliphatic heterocycles. The number of carbonyl (C=O) groups is 2. The number of amides is 1. The fourth-order valence-electron chi connectivity index (χ4n) is 3.42. The van der Waals surface area contributed by atoms with Crippen molar-refractivity contribution in [1.29, 1.82) is 0 Å². The summed E-state index contributed by atoms with van der Waals surface area (Å²) >= 11 is 0. The number of fused-ring (bicyclic) bond motifs is 1. The summed E-state index contributed by atoms with van der Waals surface area (Å²) in [6.07, 6.45) is -3.40. The molecule has 1 amide bonds. The maximum atomic E-state index is 14.2. The van der Waals surface area contributed by atoms with Crippen LogP contribution in [0.25, 0.3) is 11.0 Å². The number of pyridine rings is 1. The number of halogens is 4. The molecule has 2 aromatic heterocycles. The molecule has 1 N–H and O–H groups in total. The van der Waals surface area contributed by atoms with Gasteiger partial charge in [0, 0.05) is 24.1 Å². The molecule has 0 saturated heterocycles. The van der Waals surface area contributed by atoms with Crippen molar-refractivity contribution in [2.45, 2.75) is 26.8 Å². The standard InChI is InChI=1S/C26H19F4N3O5/c1-14-23-19(16(12-31-14)13-36-15(2)34)11-20(24(35)33-22-6-4-3-5-21(22)27)25(37-23)32-17-7-9-18(10-8-17)38-26(28,29)30/h3-12H,13H2,1-2H3,(H,33,35). The van der Waals surface area contributed by atoms with Gasteiger partial charge in [-0.2, -0.15) is 0 Å². The van der Waals surface area contributed by atoms with Crippen molar-refractivity contribution in [3.05, 3.63) is 89.0 Å². The monoisotopic (exact) mass is 529 g/mol. The zero-order chi connectivity index (χ0) is 27.4. The number of nitrogens with one attached hydrogen (secondary N) is 1. The van der Waals surface area contributed by atoms with E-state index in [-0.39, 0.29) is 34.7 Å². The van der Waals surface area contributed by atoms with E-state index in [0.717, 1.165) is 12.1 Å². The highest BCUT2D eigenvalue weighted by molar-refractivity contribution is 6.05. The Morgan fingerprint density at radius 2 is 1.82 bits per heavy atom. The fraction of sp³-hybridized carbons (Fsp3) is 0.154. The lowest BCUT2D eigenvalue weighted by Gasteiger charge is -2.11. The second kappa shape index (κ2) is 10.7. The molecule has 2 heterocycles. The van der Waals surface area contributed by atoms with Gasteiger partial charge in [-0.25, -0.2) is 9.38 Å². The molecular formula is C26H19F4N3O5. The highest BCUT2D eigenvalue weighted by Gasteiger charge is 2.31. The van der Waals surface area contributed by atoms with E-state index in [2.05, 4.69) is 20.0 Å². The maximum absolute atomic E-state index is 14.2. The summed E-state index contributed by atoms with van der Waals surface area (Å²) < 4.78 is 66.6. The Balaban J connectivity index is 1.85. The number of para-hydroxylation sites is 1. The van der Waals surface area contributed by atoms with Crippen molar-refractivity contribution >= 4 is 34.2 Å². The highest BCUT2D eigenvalue weighted by atomic mass is 19.4. The van der Waals surface area contributed by atoms with Crippen molar-refractivity contribution in [3.8, 4) is 5.75 Å². The number of rotatable bonds is 6. The van der Waals surface area contributed by atoms with Crippen molar-refractivity contribution in [3.63, 3.8) is 0 Å². The van der Waals surface area contributed by atoms with Crippen LogP contribution in [0.15, 0.2) is 70.2 Å². The fourth-order valence-corrected chi connectivity index (χ4v) is 3.42. The topological polar surface area (TPSA) is 103 Å². The molecule has 0 atom stereocenters. The number of carbonyl (C=O) groups excluding carboxylic acids is 2. The van der Waals surface area contributed by atoms with Gasteiger partial charge < -0.3 is 19.2 Å². The van der Waals surface area contributed by atoms with Gasteiger partial charge in [-0.05, 0) is 49.4 Å². The molecule has 0 aliphatic carbocycles. The molecule has 12 heteroatoms. The van der Waals surface area contributed by atoms with Crippen LogP contribution in [0.2, 0.25) is 0 Å². The quantitative estimate of drug-likeness (QED) is 0.253. The third-order valence-electron chi connectivity index (χ3n) is 5.15. The van der Waals surface area contributed by atoms with Crippen LogP contribution in [0, 0.1) is 12.7 Å². The molecule has 4 rings (SSSR count). The first kappa shape index (κ1) is 26.3. The summed E-state index contributed by atoms with van der Waals surface area (Å²) in [5.41, 5.74) is 0.805. The number of ether oxygens (including phenoxy) is 2. The van der Waals surface area contributed by atoms with Crippen LogP contribution in [0.1, 0.15) is 28.5 Å². The number of esters is 1. The minimum Gasteiger partial charge on any atom is -0.461 e. The van der Waals surface area contributed by atoms with Gasteiger partial charge in [0.1, 0.15) is 23.7 Å². The van der Waals surface area contributed by atoms with Gasteiger partial charge in [0.2, 0.25) is 5.55 Å². The van der Waals surface area contributed by atoms with Crippen molar-refractivity contribution < 1.29 is 41.0 Å². The number of aromatic nitrogens is 1. The van der Waals surface area contributed by atoms with Crippen LogP contribution in [0.3, 0.4) is 0 Å². The number of nitrogens with zero attached hydrogens (tertiary/aromatic N) is 2. The maximum Gasteiger partial charge on any atom is 0.573 e. The number of anilines is 1. The Morgan fingerprint density at radius 3 is 2.47 bits per heavy atom. The predicted molar refractivity (Wildman–Crippen MR) is 127 cm³/mol. The molecule has 4 aromatic rings. The number of aryl methyl sites for hydroxylation is 1. The van der Waals surface area contributed by atoms with Gasteiger partial charge in [0.15, 0.2) is 5.58 Å². The van der Waals surface area contributed by atoms with Gasteiger partial charge in [0.25, 0.3) is 5.91 Å². The highest BCUT2D eigenvalue weighted by Crippen LogP contribution is 2.26. The van der Waals surface area contributed by atoms with Gasteiger partial charge in [-0.15, -0.1) is 13.2 Å². The van der Waals surface area contributed by atoms with Gasteiger partial charge in [-0.3, -0.25) is 14.6 Å². The summed E-state index contributed by atoms with van der Waals surface area (Å²) in [7, 11) is 0. The Kier molecular flexibility index (Phi) is 7.42. The lowest BCUT2D eigenvalue weighted by molar-refractivity contribution is -0.274. The second-order valence-corrected chi connectivity index (χ2v) is 7.94. The number of hydrogen-bond acceptors (Lipinski definition) is 7. The number of hydrogen-bond donors (Lipinski definition) is 1. The number of benzene rings is 2. The molecule has 0 radical (unpaired) electrons. The van der Waals surface area contributed by atoms with Crippen molar-refractivity contribution in [1.82, 2.24) is 4.98 Å². The zero-order valence-corrected chi connectivity index (χ0v) is 19.9. The molecule has 8 nitrogen and oxygen atoms in total. The molecule has 2 aromatic carbocycles. The molecule has 0 saturated carbocycles. The average molecular weight is 529 g/mol. The normalized spacial score (nSPS) is 11.9. The molecule has 0 aliphatic rings. The van der Waals surface area contributed by atoms with E-state index in [9.17, 15) is 27.2 Å². The van der Waals surface area contributed by atoms with Crippen LogP contribution >= 0.6 is 0 Å². The summed E-state index contributed by atoms with van der Waals surface area (Å²) in [5, 5.41) is 2.85. The third-order valence-corrected chi connectivity index (χ3v) is 5.15. The van der Waals surface area contributed by atoms with E-state index in [1.54, 1.807) is 6.92 Å². The smallest absolute Gasteiger partial charge is 0.461 e. The summed E-state index contributed by atoms with van der Waals surface area (Å²) in [4.78, 5) is 33.1. The first-order valence-corrected chi connectivity index (χ1v) is 11.0. The minimum absolute atomic E-state index is 0.0942. The Morgan fingerprint density at radius 1 is 1.11 bits per heavy atom. The van der Waals surface area contributed by atoms with E-state index in [0.29, 0.717) is 16.6 Å². The summed E-state index contributed by atoms with van der Waals surface area (Å²) in [6.45, 7) is 2.73. The van der Waals surface area contributed by atoms with Crippen LogP contribution in [-0.2, 0) is 16.1 Å². The molecule has 0 fully saturated rings. The number of alkyl halides is 3. The third kappa shape index (κ3) is 6.33. The predicted octanol–water partition coefficient (Wildman–Crippen LogP) is 5.72. The molecule has 196 valence electrons. The molecular weight excluding hydrogens is 510 g/mol. The first-order valence-electron chi connectivity index (χ1n) is 11.0. The van der Waals surface area contributed by atoms with E-state index < -0.39 is 29.8 Å². The van der Waals surface area contributed by atoms with E-state index in [1.807, 2.05) is 0 Å². The first-order chi connectivity index (χ1) is 18.0. The molecule has 0 bridgehead atoms. The van der Waals surface area contributed by atoms with Gasteiger partial charge in [0.05, 0.1) is 17.1 Å². The second-order valence-electron chi connectivity index (χ2n) is 7.94. The average Bonchev–Trinajstić information content (AvgIpc) is 2.85. The van der Waals surface area contributed by atoms with Crippen molar-refractivity contribution in [2.75, 3.05) is 5.32 Å². The van der Waals surface area contributed by atoms with E-state index in [1.165, 1.54) is 55.6 Å². The van der Waals surface area contributed by atoms with E-state index in [4.69, 9.17) is 9.15 Å². The Hall–Kier alpha value is -4.74. The Bertz CT molecular complexity index is 1580. The van der Waals surface area contributed by atoms with Crippen molar-refractivity contribution in [2.24, 2.45) is 4.99 Å². The van der Waals surface area contributed by atoms with Crippen LogP contribution in [0.4, 0.5) is 28.9 Å². The molecule has 0 unspecified atom stereocenters. The van der Waals surface area contributed by atoms with Crippen LogP contribution in [0.5, 0.6) is 5.75 Å². The largest absolute Gasteiger partial charge is 0.573 e. The van der Waals surface area contributed by atoms with Crippen LogP contribution in [-0.4, -0.2) is 23.2 Å². The van der Waals surface area contributed by atoms with E-state index >= 15 is 0 Å². The van der Waals surface area contributed by atoms with Crippen LogP contribution < -0.4 is 15.6 Å². The SMILES string of the molecule is CC(=O)OCc1cnc(C)c2oc(=Nc3ccc(OC(F)(F)F)cc3)c(C(=O)Nc3ccccc3F)cc12.